The molecular formula is C16H21N3O2. The zero-order valence-electron chi connectivity index (χ0n) is 12.5. The average molecular weight is 287 g/mol. The van der Waals surface area contributed by atoms with Gasteiger partial charge in [0.05, 0.1) is 19.4 Å². The molecule has 1 aromatic carbocycles. The normalized spacial score (nSPS) is 10.4. The quantitative estimate of drug-likeness (QED) is 0.848. The number of imidazole rings is 1. The van der Waals surface area contributed by atoms with Crippen LogP contribution in [0.2, 0.25) is 0 Å². The van der Waals surface area contributed by atoms with E-state index in [0.717, 1.165) is 12.3 Å². The second-order valence-corrected chi connectivity index (χ2v) is 4.99. The minimum Gasteiger partial charge on any atom is -0.493 e. The molecule has 1 amide bonds. The van der Waals surface area contributed by atoms with Crippen LogP contribution in [0.3, 0.4) is 0 Å². The molecule has 0 saturated heterocycles. The number of aryl methyl sites for hydroxylation is 2. The first kappa shape index (κ1) is 15.1. The number of carbonyl (C=O) groups is 1. The lowest BCUT2D eigenvalue weighted by Crippen LogP contribution is -2.28. The number of nitrogens with one attached hydrogen (secondary N) is 1. The molecule has 1 heterocycles. The summed E-state index contributed by atoms with van der Waals surface area (Å²) in [6, 6.07) is 5.95. The van der Waals surface area contributed by atoms with E-state index in [1.165, 1.54) is 11.1 Å². The smallest absolute Gasteiger partial charge is 0.223 e. The van der Waals surface area contributed by atoms with Crippen LogP contribution in [0.5, 0.6) is 5.75 Å². The van der Waals surface area contributed by atoms with Crippen molar-refractivity contribution in [3.63, 3.8) is 0 Å². The Morgan fingerprint density at radius 3 is 2.90 bits per heavy atom. The van der Waals surface area contributed by atoms with Crippen molar-refractivity contribution in [3.8, 4) is 5.75 Å². The van der Waals surface area contributed by atoms with Crippen LogP contribution in [0.15, 0.2) is 36.9 Å². The number of hydrogen-bond donors (Lipinski definition) is 1. The van der Waals surface area contributed by atoms with Crippen molar-refractivity contribution in [1.29, 1.82) is 0 Å². The Bertz CT molecular complexity index is 579. The van der Waals surface area contributed by atoms with E-state index in [4.69, 9.17) is 4.74 Å². The SMILES string of the molecule is Cc1ccc(OCCC(=O)NCCn2ccnc2)cc1C. The highest BCUT2D eigenvalue weighted by Gasteiger charge is 2.02. The van der Waals surface area contributed by atoms with Gasteiger partial charge in [-0.1, -0.05) is 6.07 Å². The highest BCUT2D eigenvalue weighted by molar-refractivity contribution is 5.75. The summed E-state index contributed by atoms with van der Waals surface area (Å²) in [5, 5.41) is 2.86. The van der Waals surface area contributed by atoms with Gasteiger partial charge in [0.1, 0.15) is 5.75 Å². The molecule has 0 fully saturated rings. The van der Waals surface area contributed by atoms with Crippen LogP contribution in [-0.2, 0) is 11.3 Å². The Kier molecular flexibility index (Phi) is 5.37. The van der Waals surface area contributed by atoms with Crippen LogP contribution >= 0.6 is 0 Å². The summed E-state index contributed by atoms with van der Waals surface area (Å²) < 4.78 is 7.51. The number of rotatable bonds is 7. The molecule has 0 saturated carbocycles. The molecule has 0 unspecified atom stereocenters. The molecule has 0 spiro atoms. The summed E-state index contributed by atoms with van der Waals surface area (Å²) in [7, 11) is 0. The van der Waals surface area contributed by atoms with E-state index < -0.39 is 0 Å². The largest absolute Gasteiger partial charge is 0.493 e. The number of hydrogen-bond acceptors (Lipinski definition) is 3. The van der Waals surface area contributed by atoms with Crippen molar-refractivity contribution in [3.05, 3.63) is 48.0 Å². The minimum atomic E-state index is -0.000973. The van der Waals surface area contributed by atoms with Crippen LogP contribution < -0.4 is 10.1 Å². The van der Waals surface area contributed by atoms with E-state index in [0.29, 0.717) is 19.6 Å². The molecule has 0 aliphatic carbocycles. The molecule has 0 bridgehead atoms. The molecule has 1 N–H and O–H groups in total. The number of benzene rings is 1. The second kappa shape index (κ2) is 7.47. The van der Waals surface area contributed by atoms with Gasteiger partial charge in [0.2, 0.25) is 5.91 Å². The van der Waals surface area contributed by atoms with Gasteiger partial charge in [-0.25, -0.2) is 4.98 Å². The summed E-state index contributed by atoms with van der Waals surface area (Å²) in [6.45, 7) is 5.82. The molecule has 0 aliphatic heterocycles. The van der Waals surface area contributed by atoms with Crippen LogP contribution in [0, 0.1) is 13.8 Å². The summed E-state index contributed by atoms with van der Waals surface area (Å²) >= 11 is 0. The van der Waals surface area contributed by atoms with Crippen LogP contribution in [-0.4, -0.2) is 28.6 Å². The number of amides is 1. The van der Waals surface area contributed by atoms with Gasteiger partial charge in [-0.15, -0.1) is 0 Å². The molecule has 5 heteroatoms. The van der Waals surface area contributed by atoms with Crippen LogP contribution in [0.25, 0.3) is 0 Å². The zero-order chi connectivity index (χ0) is 15.1. The predicted molar refractivity (Wildman–Crippen MR) is 81.3 cm³/mol. The van der Waals surface area contributed by atoms with Gasteiger partial charge >= 0.3 is 0 Å². The number of carbonyl (C=O) groups excluding carboxylic acids is 1. The van der Waals surface area contributed by atoms with Crippen molar-refractivity contribution in [2.24, 2.45) is 0 Å². The van der Waals surface area contributed by atoms with Crippen molar-refractivity contribution >= 4 is 5.91 Å². The topological polar surface area (TPSA) is 56.1 Å². The fourth-order valence-corrected chi connectivity index (χ4v) is 1.90. The molecule has 0 radical (unpaired) electrons. The van der Waals surface area contributed by atoms with Gasteiger partial charge in [0.25, 0.3) is 0 Å². The third kappa shape index (κ3) is 4.95. The molecule has 112 valence electrons. The standard InChI is InChI=1S/C16H21N3O2/c1-13-3-4-15(11-14(13)2)21-10-5-16(20)18-7-9-19-8-6-17-12-19/h3-4,6,8,11-12H,5,7,9-10H2,1-2H3,(H,18,20). The first-order valence-electron chi connectivity index (χ1n) is 7.07. The van der Waals surface area contributed by atoms with Gasteiger partial charge in [-0.2, -0.15) is 0 Å². The van der Waals surface area contributed by atoms with Crippen molar-refractivity contribution in [1.82, 2.24) is 14.9 Å². The minimum absolute atomic E-state index is 0.000973. The van der Waals surface area contributed by atoms with E-state index in [2.05, 4.69) is 17.2 Å². The Hall–Kier alpha value is -2.30. The molecule has 5 nitrogen and oxygen atoms in total. The molecule has 21 heavy (non-hydrogen) atoms. The van der Waals surface area contributed by atoms with Crippen molar-refractivity contribution in [2.75, 3.05) is 13.2 Å². The average Bonchev–Trinajstić information content (AvgIpc) is 2.96. The van der Waals surface area contributed by atoms with E-state index >= 15 is 0 Å². The van der Waals surface area contributed by atoms with Gasteiger partial charge in [0.15, 0.2) is 0 Å². The van der Waals surface area contributed by atoms with Gasteiger partial charge < -0.3 is 14.6 Å². The van der Waals surface area contributed by atoms with Gasteiger partial charge in [-0.05, 0) is 37.1 Å². The first-order chi connectivity index (χ1) is 10.1. The van der Waals surface area contributed by atoms with Crippen LogP contribution in [0.1, 0.15) is 17.5 Å². The lowest BCUT2D eigenvalue weighted by Gasteiger charge is -2.09. The van der Waals surface area contributed by atoms with Crippen molar-refractivity contribution in [2.45, 2.75) is 26.8 Å². The molecular weight excluding hydrogens is 266 g/mol. The molecule has 0 aliphatic rings. The molecule has 2 rings (SSSR count). The maximum absolute atomic E-state index is 11.7. The summed E-state index contributed by atoms with van der Waals surface area (Å²) in [5.74, 6) is 0.809. The third-order valence-electron chi connectivity index (χ3n) is 3.33. The zero-order valence-corrected chi connectivity index (χ0v) is 12.5. The van der Waals surface area contributed by atoms with E-state index in [1.54, 1.807) is 12.5 Å². The lowest BCUT2D eigenvalue weighted by atomic mass is 10.1. The van der Waals surface area contributed by atoms with Gasteiger partial charge in [0, 0.05) is 25.5 Å². The highest BCUT2D eigenvalue weighted by atomic mass is 16.5. The van der Waals surface area contributed by atoms with Crippen LogP contribution in [0.4, 0.5) is 0 Å². The summed E-state index contributed by atoms with van der Waals surface area (Å²) in [4.78, 5) is 15.6. The molecule has 1 aromatic heterocycles. The van der Waals surface area contributed by atoms with Crippen molar-refractivity contribution < 1.29 is 9.53 Å². The maximum Gasteiger partial charge on any atom is 0.223 e. The molecule has 0 atom stereocenters. The fraction of sp³-hybridized carbons (Fsp3) is 0.375. The lowest BCUT2D eigenvalue weighted by molar-refractivity contribution is -0.121. The highest BCUT2D eigenvalue weighted by Crippen LogP contribution is 2.16. The maximum atomic E-state index is 11.7. The first-order valence-corrected chi connectivity index (χ1v) is 7.07. The fourth-order valence-electron chi connectivity index (χ4n) is 1.90. The van der Waals surface area contributed by atoms with E-state index in [9.17, 15) is 4.79 Å². The summed E-state index contributed by atoms with van der Waals surface area (Å²) in [5.41, 5.74) is 2.43. The second-order valence-electron chi connectivity index (χ2n) is 4.99. The van der Waals surface area contributed by atoms with E-state index in [-0.39, 0.29) is 5.91 Å². The Morgan fingerprint density at radius 2 is 2.19 bits per heavy atom. The van der Waals surface area contributed by atoms with Gasteiger partial charge in [-0.3, -0.25) is 4.79 Å². The summed E-state index contributed by atoms with van der Waals surface area (Å²) in [6.07, 6.45) is 5.68. The number of ether oxygens (including phenoxy) is 1. The molecule has 2 aromatic rings. The Morgan fingerprint density at radius 1 is 1.33 bits per heavy atom. The predicted octanol–water partition coefficient (Wildman–Crippen LogP) is 2.09. The van der Waals surface area contributed by atoms with E-state index in [1.807, 2.05) is 35.9 Å². The Balaban J connectivity index is 1.63. The monoisotopic (exact) mass is 287 g/mol. The third-order valence-corrected chi connectivity index (χ3v) is 3.33. The number of nitrogens with zero attached hydrogens (tertiary/aromatic N) is 2. The Labute approximate surface area is 125 Å². The number of aromatic nitrogens is 2.